The van der Waals surface area contributed by atoms with Crippen molar-refractivity contribution < 1.29 is 14.3 Å². The van der Waals surface area contributed by atoms with E-state index in [-0.39, 0.29) is 18.4 Å². The molecule has 2 heterocycles. The maximum atomic E-state index is 12.5. The van der Waals surface area contributed by atoms with E-state index in [1.807, 2.05) is 18.2 Å². The van der Waals surface area contributed by atoms with Crippen LogP contribution in [0.4, 0.5) is 0 Å². The van der Waals surface area contributed by atoms with Crippen LogP contribution in [0, 0.1) is 0 Å². The third-order valence-electron chi connectivity index (χ3n) is 3.89. The highest BCUT2D eigenvalue weighted by Crippen LogP contribution is 2.32. The molecular weight excluding hydrogens is 336 g/mol. The fourth-order valence-electron chi connectivity index (χ4n) is 2.81. The minimum absolute atomic E-state index is 0.0452. The summed E-state index contributed by atoms with van der Waals surface area (Å²) in [6, 6.07) is 5.84. The number of carbonyl (C=O) groups excluding carboxylic acids is 2. The SMILES string of the molecule is COC(=O)Cn1c2c(c3cc(Br)ccc31)CCN(C)C2=O. The van der Waals surface area contributed by atoms with Gasteiger partial charge in [-0.25, -0.2) is 0 Å². The van der Waals surface area contributed by atoms with Crippen molar-refractivity contribution in [2.75, 3.05) is 20.7 Å². The van der Waals surface area contributed by atoms with Gasteiger partial charge in [0.2, 0.25) is 0 Å². The van der Waals surface area contributed by atoms with Crippen LogP contribution < -0.4 is 0 Å². The van der Waals surface area contributed by atoms with Gasteiger partial charge >= 0.3 is 5.97 Å². The summed E-state index contributed by atoms with van der Waals surface area (Å²) in [5.74, 6) is -0.411. The zero-order valence-electron chi connectivity index (χ0n) is 11.9. The van der Waals surface area contributed by atoms with Gasteiger partial charge in [-0.3, -0.25) is 9.59 Å². The third kappa shape index (κ3) is 2.23. The minimum Gasteiger partial charge on any atom is -0.468 e. The Kier molecular flexibility index (Phi) is 3.49. The number of benzene rings is 1. The fourth-order valence-corrected chi connectivity index (χ4v) is 3.17. The van der Waals surface area contributed by atoms with Crippen LogP contribution in [-0.2, 0) is 22.5 Å². The number of fused-ring (bicyclic) bond motifs is 3. The van der Waals surface area contributed by atoms with E-state index in [1.165, 1.54) is 7.11 Å². The van der Waals surface area contributed by atoms with E-state index in [0.29, 0.717) is 12.2 Å². The molecule has 1 aromatic heterocycles. The van der Waals surface area contributed by atoms with Crippen LogP contribution >= 0.6 is 15.9 Å². The molecule has 3 rings (SSSR count). The molecule has 2 aromatic rings. The normalized spacial score (nSPS) is 14.4. The second-order valence-corrected chi connectivity index (χ2v) is 6.04. The van der Waals surface area contributed by atoms with E-state index < -0.39 is 0 Å². The smallest absolute Gasteiger partial charge is 0.325 e. The minimum atomic E-state index is -0.362. The summed E-state index contributed by atoms with van der Waals surface area (Å²) in [6.45, 7) is 0.735. The Morgan fingerprint density at radius 2 is 2.19 bits per heavy atom. The Balaban J connectivity index is 2.28. The quantitative estimate of drug-likeness (QED) is 0.780. The van der Waals surface area contributed by atoms with Crippen LogP contribution in [0.15, 0.2) is 22.7 Å². The lowest BCUT2D eigenvalue weighted by atomic mass is 10.0. The molecular formula is C15H15BrN2O3. The molecule has 0 atom stereocenters. The number of carbonyl (C=O) groups is 2. The molecule has 0 unspecified atom stereocenters. The van der Waals surface area contributed by atoms with Crippen molar-refractivity contribution >= 4 is 38.7 Å². The van der Waals surface area contributed by atoms with Gasteiger partial charge in [0.25, 0.3) is 5.91 Å². The molecule has 21 heavy (non-hydrogen) atoms. The van der Waals surface area contributed by atoms with Crippen LogP contribution in [-0.4, -0.2) is 42.0 Å². The Morgan fingerprint density at radius 3 is 2.90 bits per heavy atom. The summed E-state index contributed by atoms with van der Waals surface area (Å²) < 4.78 is 7.48. The Hall–Kier alpha value is -1.82. The predicted octanol–water partition coefficient (Wildman–Crippen LogP) is 2.20. The molecule has 1 aromatic carbocycles. The summed E-state index contributed by atoms with van der Waals surface area (Å²) >= 11 is 3.46. The van der Waals surface area contributed by atoms with Crippen molar-refractivity contribution in [1.29, 1.82) is 0 Å². The number of nitrogens with zero attached hydrogens (tertiary/aromatic N) is 2. The van der Waals surface area contributed by atoms with Crippen molar-refractivity contribution in [2.24, 2.45) is 0 Å². The Morgan fingerprint density at radius 1 is 1.43 bits per heavy atom. The van der Waals surface area contributed by atoms with Crippen molar-refractivity contribution in [3.05, 3.63) is 33.9 Å². The molecule has 0 spiro atoms. The van der Waals surface area contributed by atoms with E-state index in [9.17, 15) is 9.59 Å². The van der Waals surface area contributed by atoms with Crippen molar-refractivity contribution in [2.45, 2.75) is 13.0 Å². The van der Waals surface area contributed by atoms with Crippen molar-refractivity contribution in [3.63, 3.8) is 0 Å². The predicted molar refractivity (Wildman–Crippen MR) is 82.3 cm³/mol. The highest BCUT2D eigenvalue weighted by atomic mass is 79.9. The lowest BCUT2D eigenvalue weighted by Crippen LogP contribution is -2.36. The zero-order valence-corrected chi connectivity index (χ0v) is 13.4. The van der Waals surface area contributed by atoms with Crippen LogP contribution in [0.2, 0.25) is 0 Å². The lowest BCUT2D eigenvalue weighted by molar-refractivity contribution is -0.141. The van der Waals surface area contributed by atoms with Gasteiger partial charge in [0.15, 0.2) is 0 Å². The van der Waals surface area contributed by atoms with Gasteiger partial charge in [-0.1, -0.05) is 15.9 Å². The first-order chi connectivity index (χ1) is 10.0. The first-order valence-corrected chi connectivity index (χ1v) is 7.45. The number of likely N-dealkylation sites (N-methyl/N-ethyl adjacent to an activating group) is 1. The molecule has 1 amide bonds. The van der Waals surface area contributed by atoms with Gasteiger partial charge in [0.1, 0.15) is 12.2 Å². The number of ether oxygens (including phenoxy) is 1. The van der Waals surface area contributed by atoms with E-state index in [0.717, 1.165) is 27.4 Å². The molecule has 0 aliphatic carbocycles. The molecule has 0 radical (unpaired) electrons. The summed E-state index contributed by atoms with van der Waals surface area (Å²) in [5.41, 5.74) is 2.50. The second-order valence-electron chi connectivity index (χ2n) is 5.13. The standard InChI is InChI=1S/C15H15BrN2O3/c1-17-6-5-10-11-7-9(16)3-4-12(11)18(8-13(19)21-2)14(10)15(17)20/h3-4,7H,5-6,8H2,1-2H3. The molecule has 0 fully saturated rings. The van der Waals surface area contributed by atoms with Crippen LogP contribution in [0.3, 0.4) is 0 Å². The average Bonchev–Trinajstić information content (AvgIpc) is 2.77. The molecule has 1 aliphatic heterocycles. The summed E-state index contributed by atoms with van der Waals surface area (Å²) in [4.78, 5) is 25.9. The number of hydrogen-bond acceptors (Lipinski definition) is 3. The molecule has 5 nitrogen and oxygen atoms in total. The zero-order chi connectivity index (χ0) is 15.1. The van der Waals surface area contributed by atoms with Gasteiger partial charge < -0.3 is 14.2 Å². The summed E-state index contributed by atoms with van der Waals surface area (Å²) in [5, 5.41) is 1.02. The van der Waals surface area contributed by atoms with Crippen LogP contribution in [0.1, 0.15) is 16.1 Å². The molecule has 1 aliphatic rings. The summed E-state index contributed by atoms with van der Waals surface area (Å²) in [7, 11) is 3.13. The number of methoxy groups -OCH3 is 1. The largest absolute Gasteiger partial charge is 0.468 e. The van der Waals surface area contributed by atoms with Crippen LogP contribution in [0.5, 0.6) is 0 Å². The maximum absolute atomic E-state index is 12.5. The molecule has 0 saturated heterocycles. The molecule has 110 valence electrons. The highest BCUT2D eigenvalue weighted by molar-refractivity contribution is 9.10. The first-order valence-electron chi connectivity index (χ1n) is 6.66. The first kappa shape index (κ1) is 14.1. The van der Waals surface area contributed by atoms with Crippen LogP contribution in [0.25, 0.3) is 10.9 Å². The average molecular weight is 351 g/mol. The molecule has 0 saturated carbocycles. The van der Waals surface area contributed by atoms with E-state index >= 15 is 0 Å². The number of esters is 1. The summed E-state index contributed by atoms with van der Waals surface area (Å²) in [6.07, 6.45) is 0.790. The lowest BCUT2D eigenvalue weighted by Gasteiger charge is -2.24. The highest BCUT2D eigenvalue weighted by Gasteiger charge is 2.29. The third-order valence-corrected chi connectivity index (χ3v) is 4.38. The van der Waals surface area contributed by atoms with Gasteiger partial charge in [-0.2, -0.15) is 0 Å². The van der Waals surface area contributed by atoms with E-state index in [1.54, 1.807) is 16.5 Å². The molecule has 0 N–H and O–H groups in total. The van der Waals surface area contributed by atoms with Gasteiger partial charge in [-0.05, 0) is 30.2 Å². The fraction of sp³-hybridized carbons (Fsp3) is 0.333. The Bertz CT molecular complexity index is 751. The van der Waals surface area contributed by atoms with E-state index in [4.69, 9.17) is 4.74 Å². The monoisotopic (exact) mass is 350 g/mol. The topological polar surface area (TPSA) is 51.5 Å². The molecule has 6 heteroatoms. The van der Waals surface area contributed by atoms with Crippen molar-refractivity contribution in [1.82, 2.24) is 9.47 Å². The number of aromatic nitrogens is 1. The number of halogens is 1. The molecule has 0 bridgehead atoms. The Labute approximate surface area is 130 Å². The number of rotatable bonds is 2. The number of hydrogen-bond donors (Lipinski definition) is 0. The van der Waals surface area contributed by atoms with E-state index in [2.05, 4.69) is 15.9 Å². The number of amides is 1. The van der Waals surface area contributed by atoms with Gasteiger partial charge in [0, 0.05) is 29.0 Å². The second kappa shape index (κ2) is 5.18. The van der Waals surface area contributed by atoms with Gasteiger partial charge in [0.05, 0.1) is 7.11 Å². The van der Waals surface area contributed by atoms with Gasteiger partial charge in [-0.15, -0.1) is 0 Å². The van der Waals surface area contributed by atoms with Crippen molar-refractivity contribution in [3.8, 4) is 0 Å². The maximum Gasteiger partial charge on any atom is 0.325 e.